The van der Waals surface area contributed by atoms with Crippen LogP contribution in [-0.4, -0.2) is 15.2 Å². The standard InChI is InChI=1S/C17H12F3N3O2/c18-12-4-2-11(3-5-12)17(7-8-17)25-13-6-1-10(9-21-13)15-22-23-16(24-15)14(19)20/h1-6,9,14H,7-8H2. The predicted octanol–water partition coefficient (Wildman–Crippen LogP) is 4.28. The van der Waals surface area contributed by atoms with Gasteiger partial charge in [-0.1, -0.05) is 12.1 Å². The first-order chi connectivity index (χ1) is 12.1. The van der Waals surface area contributed by atoms with Crippen LogP contribution < -0.4 is 4.74 Å². The fourth-order valence-corrected chi connectivity index (χ4v) is 2.52. The SMILES string of the molecule is Fc1ccc(C2(Oc3ccc(-c4nnc(C(F)F)o4)cn3)CC2)cc1. The Morgan fingerprint density at radius 3 is 2.36 bits per heavy atom. The summed E-state index contributed by atoms with van der Waals surface area (Å²) in [5.74, 6) is -0.693. The summed E-state index contributed by atoms with van der Waals surface area (Å²) in [6, 6.07) is 9.38. The summed E-state index contributed by atoms with van der Waals surface area (Å²) in [7, 11) is 0. The molecule has 1 aromatic carbocycles. The number of hydrogen-bond donors (Lipinski definition) is 0. The van der Waals surface area contributed by atoms with Crippen LogP contribution in [0, 0.1) is 5.82 Å². The van der Waals surface area contributed by atoms with Gasteiger partial charge in [0.15, 0.2) is 0 Å². The van der Waals surface area contributed by atoms with Gasteiger partial charge in [0.2, 0.25) is 11.8 Å². The molecule has 25 heavy (non-hydrogen) atoms. The summed E-state index contributed by atoms with van der Waals surface area (Å²) in [6.07, 6.45) is 0.216. The Morgan fingerprint density at radius 2 is 1.80 bits per heavy atom. The van der Waals surface area contributed by atoms with E-state index < -0.39 is 17.9 Å². The number of hydrogen-bond acceptors (Lipinski definition) is 5. The van der Waals surface area contributed by atoms with E-state index in [-0.39, 0.29) is 11.7 Å². The Hall–Kier alpha value is -2.90. The van der Waals surface area contributed by atoms with Crippen LogP contribution in [-0.2, 0) is 5.60 Å². The molecule has 1 aliphatic carbocycles. The van der Waals surface area contributed by atoms with Crippen molar-refractivity contribution in [3.05, 3.63) is 59.9 Å². The molecule has 3 aromatic rings. The predicted molar refractivity (Wildman–Crippen MR) is 80.4 cm³/mol. The second kappa shape index (κ2) is 5.87. The number of rotatable bonds is 5. The molecule has 0 atom stereocenters. The van der Waals surface area contributed by atoms with E-state index >= 15 is 0 Å². The fraction of sp³-hybridized carbons (Fsp3) is 0.235. The van der Waals surface area contributed by atoms with Crippen molar-refractivity contribution in [2.45, 2.75) is 24.9 Å². The lowest BCUT2D eigenvalue weighted by atomic mass is 10.1. The van der Waals surface area contributed by atoms with Gasteiger partial charge in [-0.05, 0) is 36.6 Å². The average molecular weight is 347 g/mol. The van der Waals surface area contributed by atoms with Gasteiger partial charge >= 0.3 is 6.43 Å². The minimum atomic E-state index is -2.82. The Kier molecular flexibility index (Phi) is 3.67. The first kappa shape index (κ1) is 15.6. The van der Waals surface area contributed by atoms with E-state index in [0.29, 0.717) is 11.4 Å². The Labute approximate surface area is 140 Å². The Balaban J connectivity index is 1.51. The highest BCUT2D eigenvalue weighted by Gasteiger charge is 2.47. The Bertz CT molecular complexity index is 875. The number of aromatic nitrogens is 3. The zero-order valence-corrected chi connectivity index (χ0v) is 12.8. The molecule has 0 spiro atoms. The maximum Gasteiger partial charge on any atom is 0.314 e. The third-order valence-corrected chi connectivity index (χ3v) is 3.98. The molecule has 0 N–H and O–H groups in total. The van der Waals surface area contributed by atoms with Crippen LogP contribution in [0.4, 0.5) is 13.2 Å². The molecule has 0 unspecified atom stereocenters. The topological polar surface area (TPSA) is 61.0 Å². The summed E-state index contributed by atoms with van der Waals surface area (Å²) >= 11 is 0. The molecule has 1 aliphatic rings. The lowest BCUT2D eigenvalue weighted by Crippen LogP contribution is -2.16. The van der Waals surface area contributed by atoms with Crippen molar-refractivity contribution in [3.63, 3.8) is 0 Å². The van der Waals surface area contributed by atoms with E-state index in [9.17, 15) is 13.2 Å². The van der Waals surface area contributed by atoms with Gasteiger partial charge in [-0.2, -0.15) is 8.78 Å². The molecule has 2 aromatic heterocycles. The quantitative estimate of drug-likeness (QED) is 0.689. The van der Waals surface area contributed by atoms with Gasteiger partial charge in [0.1, 0.15) is 11.4 Å². The van der Waals surface area contributed by atoms with E-state index in [2.05, 4.69) is 15.2 Å². The summed E-state index contributed by atoms with van der Waals surface area (Å²) in [6.45, 7) is 0. The average Bonchev–Trinajstić information content (AvgIpc) is 3.21. The zero-order chi connectivity index (χ0) is 17.4. The molecule has 8 heteroatoms. The van der Waals surface area contributed by atoms with E-state index in [4.69, 9.17) is 9.15 Å². The highest BCUT2D eigenvalue weighted by atomic mass is 19.3. The molecule has 0 saturated heterocycles. The fourth-order valence-electron chi connectivity index (χ4n) is 2.52. The van der Waals surface area contributed by atoms with Gasteiger partial charge in [-0.15, -0.1) is 10.2 Å². The van der Waals surface area contributed by atoms with Gasteiger partial charge in [-0.25, -0.2) is 9.37 Å². The highest BCUT2D eigenvalue weighted by molar-refractivity contribution is 5.51. The Morgan fingerprint density at radius 1 is 1.04 bits per heavy atom. The van der Waals surface area contributed by atoms with Crippen LogP contribution in [0.5, 0.6) is 5.88 Å². The minimum absolute atomic E-state index is 0.0333. The molecule has 4 rings (SSSR count). The molecule has 1 fully saturated rings. The normalized spacial score (nSPS) is 15.4. The number of nitrogens with zero attached hydrogens (tertiary/aromatic N) is 3. The van der Waals surface area contributed by atoms with Crippen molar-refractivity contribution in [1.82, 2.24) is 15.2 Å². The maximum atomic E-state index is 13.1. The van der Waals surface area contributed by atoms with E-state index in [1.54, 1.807) is 24.3 Å². The summed E-state index contributed by atoms with van der Waals surface area (Å²) in [4.78, 5) is 4.17. The van der Waals surface area contributed by atoms with Gasteiger partial charge in [-0.3, -0.25) is 0 Å². The first-order valence-corrected chi connectivity index (χ1v) is 7.59. The van der Waals surface area contributed by atoms with Crippen LogP contribution in [0.1, 0.15) is 30.7 Å². The second-order valence-electron chi connectivity index (χ2n) is 5.73. The summed E-state index contributed by atoms with van der Waals surface area (Å²) < 4.78 is 48.9. The lowest BCUT2D eigenvalue weighted by Gasteiger charge is -2.17. The van der Waals surface area contributed by atoms with Crippen molar-refractivity contribution < 1.29 is 22.3 Å². The van der Waals surface area contributed by atoms with Gasteiger partial charge in [0.25, 0.3) is 5.89 Å². The molecular formula is C17H12F3N3O2. The van der Waals surface area contributed by atoms with Crippen molar-refractivity contribution >= 4 is 0 Å². The molecule has 1 saturated carbocycles. The third kappa shape index (κ3) is 3.07. The van der Waals surface area contributed by atoms with E-state index in [1.807, 2.05) is 0 Å². The van der Waals surface area contributed by atoms with Crippen LogP contribution >= 0.6 is 0 Å². The van der Waals surface area contributed by atoms with Crippen molar-refractivity contribution in [2.75, 3.05) is 0 Å². The lowest BCUT2D eigenvalue weighted by molar-refractivity contribution is 0.116. The van der Waals surface area contributed by atoms with Crippen LogP contribution in [0.15, 0.2) is 47.0 Å². The second-order valence-corrected chi connectivity index (χ2v) is 5.73. The molecule has 0 amide bonds. The van der Waals surface area contributed by atoms with Gasteiger partial charge in [0, 0.05) is 12.3 Å². The molecule has 0 aliphatic heterocycles. The zero-order valence-electron chi connectivity index (χ0n) is 12.8. The molecule has 5 nitrogen and oxygen atoms in total. The number of ether oxygens (including phenoxy) is 1. The smallest absolute Gasteiger partial charge is 0.314 e. The van der Waals surface area contributed by atoms with Crippen LogP contribution in [0.25, 0.3) is 11.5 Å². The minimum Gasteiger partial charge on any atom is -0.466 e. The molecule has 128 valence electrons. The van der Waals surface area contributed by atoms with E-state index in [1.165, 1.54) is 18.3 Å². The van der Waals surface area contributed by atoms with Crippen molar-refractivity contribution in [1.29, 1.82) is 0 Å². The molecule has 2 heterocycles. The number of pyridine rings is 1. The summed E-state index contributed by atoms with van der Waals surface area (Å²) in [5.41, 5.74) is 0.812. The van der Waals surface area contributed by atoms with Crippen LogP contribution in [0.3, 0.4) is 0 Å². The molecular weight excluding hydrogens is 335 g/mol. The largest absolute Gasteiger partial charge is 0.466 e. The third-order valence-electron chi connectivity index (χ3n) is 3.98. The maximum absolute atomic E-state index is 13.1. The van der Waals surface area contributed by atoms with Gasteiger partial charge in [0.05, 0.1) is 5.56 Å². The highest BCUT2D eigenvalue weighted by Crippen LogP contribution is 2.49. The van der Waals surface area contributed by atoms with Gasteiger partial charge < -0.3 is 9.15 Å². The first-order valence-electron chi connectivity index (χ1n) is 7.59. The van der Waals surface area contributed by atoms with Crippen molar-refractivity contribution in [2.24, 2.45) is 0 Å². The van der Waals surface area contributed by atoms with Crippen LogP contribution in [0.2, 0.25) is 0 Å². The van der Waals surface area contributed by atoms with Crippen molar-refractivity contribution in [3.8, 4) is 17.3 Å². The van der Waals surface area contributed by atoms with E-state index in [0.717, 1.165) is 18.4 Å². The molecule has 0 radical (unpaired) electrons. The number of benzene rings is 1. The monoisotopic (exact) mass is 347 g/mol. The molecule has 0 bridgehead atoms. The number of halogens is 3. The number of alkyl halides is 2. The summed E-state index contributed by atoms with van der Waals surface area (Å²) in [5, 5.41) is 6.84.